The van der Waals surface area contributed by atoms with Crippen molar-refractivity contribution in [2.45, 2.75) is 32.0 Å². The maximum atomic E-state index is 13.4. The maximum Gasteiger partial charge on any atom is 0.251 e. The number of fused-ring (bicyclic) bond motifs is 1. The second-order valence-corrected chi connectivity index (χ2v) is 8.33. The number of carbonyl (C=O) groups excluding carboxylic acids is 1. The molecule has 6 heteroatoms. The van der Waals surface area contributed by atoms with E-state index in [1.807, 2.05) is 49.4 Å². The third kappa shape index (κ3) is 5.01. The van der Waals surface area contributed by atoms with Crippen molar-refractivity contribution in [3.63, 3.8) is 0 Å². The third-order valence-electron chi connectivity index (χ3n) is 6.19. The fraction of sp³-hybridized carbons (Fsp3) is 0.296. The van der Waals surface area contributed by atoms with Crippen LogP contribution in [-0.4, -0.2) is 37.6 Å². The molecule has 0 saturated heterocycles. The Morgan fingerprint density at radius 1 is 1.06 bits per heavy atom. The van der Waals surface area contributed by atoms with Crippen LogP contribution in [0.15, 0.2) is 66.7 Å². The molecule has 0 saturated carbocycles. The van der Waals surface area contributed by atoms with E-state index < -0.39 is 0 Å². The maximum absolute atomic E-state index is 13.4. The molecule has 1 aliphatic rings. The number of carbonyl (C=O) groups is 1. The summed E-state index contributed by atoms with van der Waals surface area (Å²) in [6, 6.07) is 19.6. The fourth-order valence-electron chi connectivity index (χ4n) is 4.57. The number of nitrogens with one attached hydrogen (secondary N) is 1. The molecular weight excluding hydrogens is 419 g/mol. The number of amides is 1. The lowest BCUT2D eigenvalue weighted by atomic mass is 9.87. The molecule has 2 unspecified atom stereocenters. The Morgan fingerprint density at radius 2 is 1.73 bits per heavy atom. The molecule has 172 valence electrons. The monoisotopic (exact) mass is 448 g/mol. The Balaban J connectivity index is 1.68. The van der Waals surface area contributed by atoms with Crippen LogP contribution >= 0.6 is 0 Å². The van der Waals surface area contributed by atoms with Crippen molar-refractivity contribution in [2.24, 2.45) is 0 Å². The van der Waals surface area contributed by atoms with Gasteiger partial charge in [0.1, 0.15) is 5.82 Å². The van der Waals surface area contributed by atoms with Crippen molar-refractivity contribution in [3.05, 3.63) is 94.8 Å². The summed E-state index contributed by atoms with van der Waals surface area (Å²) in [6.07, 6.45) is 0.840. The summed E-state index contributed by atoms with van der Waals surface area (Å²) in [6.45, 7) is 3.47. The SMILES string of the molecule is COc1cc2c(cc1OC)C(C(C)NC(=O)c1ccccc1)N(Cc1ccc(F)cc1)CC2. The van der Waals surface area contributed by atoms with E-state index in [1.165, 1.54) is 17.7 Å². The van der Waals surface area contributed by atoms with Crippen LogP contribution in [-0.2, 0) is 13.0 Å². The van der Waals surface area contributed by atoms with E-state index in [0.29, 0.717) is 23.6 Å². The standard InChI is InChI=1S/C27H29FN2O3/c1-18(29-27(31)20-7-5-4-6-8-20)26-23-16-25(33-3)24(32-2)15-21(23)13-14-30(26)17-19-9-11-22(28)12-10-19/h4-12,15-16,18,26H,13-14,17H2,1-3H3,(H,29,31). The van der Waals surface area contributed by atoms with Crippen LogP contribution in [0.1, 0.15) is 40.0 Å². The Bertz CT molecular complexity index is 1100. The van der Waals surface area contributed by atoms with Gasteiger partial charge >= 0.3 is 0 Å². The lowest BCUT2D eigenvalue weighted by Crippen LogP contribution is -2.47. The van der Waals surface area contributed by atoms with Crippen LogP contribution in [0.5, 0.6) is 11.5 Å². The minimum absolute atomic E-state index is 0.0914. The summed E-state index contributed by atoms with van der Waals surface area (Å²) < 4.78 is 24.5. The number of hydrogen-bond acceptors (Lipinski definition) is 4. The first-order valence-electron chi connectivity index (χ1n) is 11.1. The number of nitrogens with zero attached hydrogens (tertiary/aromatic N) is 1. The van der Waals surface area contributed by atoms with Gasteiger partial charge in [0, 0.05) is 24.7 Å². The summed E-state index contributed by atoms with van der Waals surface area (Å²) >= 11 is 0. The topological polar surface area (TPSA) is 50.8 Å². The highest BCUT2D eigenvalue weighted by Gasteiger charge is 2.34. The van der Waals surface area contributed by atoms with Crippen molar-refractivity contribution in [3.8, 4) is 11.5 Å². The van der Waals surface area contributed by atoms with Crippen molar-refractivity contribution >= 4 is 5.91 Å². The summed E-state index contributed by atoms with van der Waals surface area (Å²) in [5.74, 6) is 0.992. The number of benzene rings is 3. The summed E-state index contributed by atoms with van der Waals surface area (Å²) in [5.41, 5.74) is 3.92. The largest absolute Gasteiger partial charge is 0.493 e. The van der Waals surface area contributed by atoms with E-state index in [4.69, 9.17) is 9.47 Å². The molecule has 0 fully saturated rings. The zero-order valence-corrected chi connectivity index (χ0v) is 19.2. The van der Waals surface area contributed by atoms with Crippen LogP contribution in [0.25, 0.3) is 0 Å². The normalized spacial score (nSPS) is 16.5. The molecule has 2 atom stereocenters. The quantitative estimate of drug-likeness (QED) is 0.566. The van der Waals surface area contributed by atoms with E-state index in [0.717, 1.165) is 24.1 Å². The Morgan fingerprint density at radius 3 is 2.39 bits per heavy atom. The van der Waals surface area contributed by atoms with Gasteiger partial charge in [0.05, 0.1) is 20.3 Å². The van der Waals surface area contributed by atoms with Crippen LogP contribution in [0.2, 0.25) is 0 Å². The minimum atomic E-state index is -0.250. The number of rotatable bonds is 7. The van der Waals surface area contributed by atoms with Gasteiger partial charge in [0.25, 0.3) is 5.91 Å². The number of halogens is 1. The summed E-state index contributed by atoms with van der Waals surface area (Å²) in [7, 11) is 3.26. The van der Waals surface area contributed by atoms with Gasteiger partial charge in [-0.3, -0.25) is 9.69 Å². The lowest BCUT2D eigenvalue weighted by Gasteiger charge is -2.41. The predicted octanol–water partition coefficient (Wildman–Crippen LogP) is 4.76. The number of hydrogen-bond donors (Lipinski definition) is 1. The van der Waals surface area contributed by atoms with E-state index in [9.17, 15) is 9.18 Å². The van der Waals surface area contributed by atoms with Gasteiger partial charge in [0.2, 0.25) is 0 Å². The molecule has 0 aromatic heterocycles. The first-order valence-corrected chi connectivity index (χ1v) is 11.1. The smallest absolute Gasteiger partial charge is 0.251 e. The molecule has 3 aromatic rings. The van der Waals surface area contributed by atoms with Gasteiger partial charge in [-0.25, -0.2) is 4.39 Å². The fourth-order valence-corrected chi connectivity index (χ4v) is 4.57. The molecule has 4 rings (SSSR count). The number of ether oxygens (including phenoxy) is 2. The van der Waals surface area contributed by atoms with Gasteiger partial charge < -0.3 is 14.8 Å². The zero-order valence-electron chi connectivity index (χ0n) is 19.2. The Hall–Kier alpha value is -3.38. The zero-order chi connectivity index (χ0) is 23.4. The molecule has 33 heavy (non-hydrogen) atoms. The molecule has 1 aliphatic heterocycles. The lowest BCUT2D eigenvalue weighted by molar-refractivity contribution is 0.0877. The molecule has 0 aliphatic carbocycles. The van der Waals surface area contributed by atoms with Crippen LogP contribution in [0, 0.1) is 5.82 Å². The van der Waals surface area contributed by atoms with Gasteiger partial charge in [-0.2, -0.15) is 0 Å². The van der Waals surface area contributed by atoms with E-state index in [1.54, 1.807) is 26.4 Å². The highest BCUT2D eigenvalue weighted by Crippen LogP contribution is 2.40. The molecular formula is C27H29FN2O3. The van der Waals surface area contributed by atoms with Crippen molar-refractivity contribution in [1.82, 2.24) is 10.2 Å². The molecule has 3 aromatic carbocycles. The summed E-state index contributed by atoms with van der Waals surface area (Å²) in [5, 5.41) is 3.19. The van der Waals surface area contributed by atoms with Crippen molar-refractivity contribution < 1.29 is 18.7 Å². The Kier molecular flexibility index (Phi) is 6.94. The highest BCUT2D eigenvalue weighted by atomic mass is 19.1. The van der Waals surface area contributed by atoms with Gasteiger partial charge in [-0.05, 0) is 66.4 Å². The van der Waals surface area contributed by atoms with Gasteiger partial charge in [-0.1, -0.05) is 30.3 Å². The Labute approximate surface area is 194 Å². The van der Waals surface area contributed by atoms with Crippen LogP contribution < -0.4 is 14.8 Å². The highest BCUT2D eigenvalue weighted by molar-refractivity contribution is 5.94. The average Bonchev–Trinajstić information content (AvgIpc) is 2.84. The molecule has 1 heterocycles. The first-order chi connectivity index (χ1) is 16.0. The van der Waals surface area contributed by atoms with Crippen LogP contribution in [0.4, 0.5) is 4.39 Å². The molecule has 1 amide bonds. The molecule has 0 radical (unpaired) electrons. The van der Waals surface area contributed by atoms with Gasteiger partial charge in [0.15, 0.2) is 11.5 Å². The molecule has 0 spiro atoms. The molecule has 1 N–H and O–H groups in total. The number of methoxy groups -OCH3 is 2. The second kappa shape index (κ2) is 10.0. The van der Waals surface area contributed by atoms with Crippen molar-refractivity contribution in [2.75, 3.05) is 20.8 Å². The van der Waals surface area contributed by atoms with Gasteiger partial charge in [-0.15, -0.1) is 0 Å². The van der Waals surface area contributed by atoms with E-state index >= 15 is 0 Å². The first kappa shape index (κ1) is 22.8. The minimum Gasteiger partial charge on any atom is -0.493 e. The molecule has 0 bridgehead atoms. The second-order valence-electron chi connectivity index (χ2n) is 8.33. The third-order valence-corrected chi connectivity index (χ3v) is 6.19. The summed E-state index contributed by atoms with van der Waals surface area (Å²) in [4.78, 5) is 15.3. The van der Waals surface area contributed by atoms with E-state index in [-0.39, 0.29) is 23.8 Å². The average molecular weight is 449 g/mol. The van der Waals surface area contributed by atoms with E-state index in [2.05, 4.69) is 10.2 Å². The van der Waals surface area contributed by atoms with Crippen molar-refractivity contribution in [1.29, 1.82) is 0 Å². The van der Waals surface area contributed by atoms with Crippen LogP contribution in [0.3, 0.4) is 0 Å². The molecule has 5 nitrogen and oxygen atoms in total. The predicted molar refractivity (Wildman–Crippen MR) is 126 cm³/mol.